The normalized spacial score (nSPS) is 12.1. The fourth-order valence-electron chi connectivity index (χ4n) is 6.75. The first-order valence-corrected chi connectivity index (χ1v) is 22.7. The molecule has 6 nitrogen and oxygen atoms in total. The van der Waals surface area contributed by atoms with E-state index in [9.17, 15) is 14.4 Å². The molecule has 6 heteroatoms. The van der Waals surface area contributed by atoms with Gasteiger partial charge in [-0.25, -0.2) is 0 Å². The van der Waals surface area contributed by atoms with Crippen LogP contribution in [0.4, 0.5) is 0 Å². The molecular weight excluding hydrogens is 649 g/mol. The Hall–Kier alpha value is -1.59. The van der Waals surface area contributed by atoms with Crippen LogP contribution in [0.1, 0.15) is 247 Å². The van der Waals surface area contributed by atoms with E-state index >= 15 is 0 Å². The lowest BCUT2D eigenvalue weighted by atomic mass is 10.0. The van der Waals surface area contributed by atoms with Crippen LogP contribution in [-0.2, 0) is 28.6 Å². The second kappa shape index (κ2) is 39.1. The Balaban J connectivity index is 4.24. The third-order valence-electron chi connectivity index (χ3n) is 10.2. The quantitative estimate of drug-likeness (QED) is 0.0354. The van der Waals surface area contributed by atoms with E-state index < -0.39 is 6.10 Å². The SMILES string of the molecule is CCCCCCCCCC(=O)O[C@H](COC(=O)CCCCCCCCCCCCCC(C)C)COC(=O)CCCCCCCCCCCCC(C)C. The summed E-state index contributed by atoms with van der Waals surface area (Å²) in [6.07, 6.45) is 36.7. The number of hydrogen-bond acceptors (Lipinski definition) is 6. The van der Waals surface area contributed by atoms with E-state index in [1.165, 1.54) is 135 Å². The Morgan fingerprint density at radius 3 is 0.942 bits per heavy atom. The predicted octanol–water partition coefficient (Wildman–Crippen LogP) is 14.2. The number of ether oxygens (including phenoxy) is 3. The van der Waals surface area contributed by atoms with Crippen molar-refractivity contribution in [2.24, 2.45) is 11.8 Å². The van der Waals surface area contributed by atoms with E-state index in [1.54, 1.807) is 0 Å². The van der Waals surface area contributed by atoms with Crippen LogP contribution in [-0.4, -0.2) is 37.2 Å². The maximum atomic E-state index is 12.6. The smallest absolute Gasteiger partial charge is 0.306 e. The van der Waals surface area contributed by atoms with Gasteiger partial charge in [-0.2, -0.15) is 0 Å². The molecular formula is C46H88O6. The molecule has 0 aromatic carbocycles. The zero-order valence-electron chi connectivity index (χ0n) is 35.4. The van der Waals surface area contributed by atoms with Crippen LogP contribution in [0.15, 0.2) is 0 Å². The molecule has 0 unspecified atom stereocenters. The molecule has 0 amide bonds. The van der Waals surface area contributed by atoms with E-state index in [1.807, 2.05) is 0 Å². The molecule has 0 spiro atoms. The lowest BCUT2D eigenvalue weighted by Gasteiger charge is -2.18. The van der Waals surface area contributed by atoms with Gasteiger partial charge >= 0.3 is 17.9 Å². The summed E-state index contributed by atoms with van der Waals surface area (Å²) in [6, 6.07) is 0. The first-order chi connectivity index (χ1) is 25.2. The molecule has 0 rings (SSSR count). The summed E-state index contributed by atoms with van der Waals surface area (Å²) in [5, 5.41) is 0. The minimum Gasteiger partial charge on any atom is -0.462 e. The number of carbonyl (C=O) groups excluding carboxylic acids is 3. The van der Waals surface area contributed by atoms with Gasteiger partial charge in [-0.05, 0) is 31.1 Å². The van der Waals surface area contributed by atoms with Crippen molar-refractivity contribution in [3.05, 3.63) is 0 Å². The number of hydrogen-bond donors (Lipinski definition) is 0. The molecule has 308 valence electrons. The number of unbranched alkanes of at least 4 members (excludes halogenated alkanes) is 25. The molecule has 0 aromatic heterocycles. The second-order valence-corrected chi connectivity index (χ2v) is 16.6. The third-order valence-corrected chi connectivity index (χ3v) is 10.2. The van der Waals surface area contributed by atoms with E-state index in [4.69, 9.17) is 14.2 Å². The van der Waals surface area contributed by atoms with Gasteiger partial charge < -0.3 is 14.2 Å². The van der Waals surface area contributed by atoms with Crippen molar-refractivity contribution in [1.29, 1.82) is 0 Å². The van der Waals surface area contributed by atoms with Crippen molar-refractivity contribution in [2.45, 2.75) is 253 Å². The highest BCUT2D eigenvalue weighted by Gasteiger charge is 2.19. The summed E-state index contributed by atoms with van der Waals surface area (Å²) in [7, 11) is 0. The van der Waals surface area contributed by atoms with Crippen LogP contribution in [0.5, 0.6) is 0 Å². The first-order valence-electron chi connectivity index (χ1n) is 22.7. The molecule has 1 atom stereocenters. The van der Waals surface area contributed by atoms with Gasteiger partial charge in [0.25, 0.3) is 0 Å². The van der Waals surface area contributed by atoms with E-state index in [0.29, 0.717) is 19.3 Å². The average molecular weight is 737 g/mol. The number of rotatable bonds is 40. The summed E-state index contributed by atoms with van der Waals surface area (Å²) in [4.78, 5) is 37.6. The number of esters is 3. The summed E-state index contributed by atoms with van der Waals surface area (Å²) in [5.74, 6) is 0.781. The van der Waals surface area contributed by atoms with Crippen LogP contribution in [0.25, 0.3) is 0 Å². The van der Waals surface area contributed by atoms with Gasteiger partial charge in [0.15, 0.2) is 6.10 Å². The molecule has 0 aliphatic heterocycles. The van der Waals surface area contributed by atoms with Gasteiger partial charge in [-0.1, -0.05) is 208 Å². The molecule has 0 saturated carbocycles. The fourth-order valence-corrected chi connectivity index (χ4v) is 6.75. The molecule has 0 aliphatic carbocycles. The Labute approximate surface area is 323 Å². The molecule has 0 bridgehead atoms. The lowest BCUT2D eigenvalue weighted by Crippen LogP contribution is -2.30. The fraction of sp³-hybridized carbons (Fsp3) is 0.935. The van der Waals surface area contributed by atoms with Gasteiger partial charge in [0.05, 0.1) is 0 Å². The summed E-state index contributed by atoms with van der Waals surface area (Å²) >= 11 is 0. The number of carbonyl (C=O) groups is 3. The van der Waals surface area contributed by atoms with Gasteiger partial charge in [0, 0.05) is 19.3 Å². The summed E-state index contributed by atoms with van der Waals surface area (Å²) in [5.41, 5.74) is 0. The highest BCUT2D eigenvalue weighted by Crippen LogP contribution is 2.16. The Kier molecular flexibility index (Phi) is 37.9. The monoisotopic (exact) mass is 737 g/mol. The molecule has 0 saturated heterocycles. The highest BCUT2D eigenvalue weighted by atomic mass is 16.6. The molecule has 0 heterocycles. The first kappa shape index (κ1) is 50.4. The predicted molar refractivity (Wildman–Crippen MR) is 220 cm³/mol. The minimum atomic E-state index is -0.759. The third kappa shape index (κ3) is 39.6. The molecule has 0 aliphatic rings. The zero-order valence-corrected chi connectivity index (χ0v) is 35.4. The van der Waals surface area contributed by atoms with E-state index in [-0.39, 0.29) is 31.1 Å². The minimum absolute atomic E-state index is 0.0654. The van der Waals surface area contributed by atoms with Crippen LogP contribution in [0, 0.1) is 11.8 Å². The van der Waals surface area contributed by atoms with Gasteiger partial charge in [-0.15, -0.1) is 0 Å². The van der Waals surface area contributed by atoms with Crippen molar-refractivity contribution < 1.29 is 28.6 Å². The maximum Gasteiger partial charge on any atom is 0.306 e. The van der Waals surface area contributed by atoms with Gasteiger partial charge in [-0.3, -0.25) is 14.4 Å². The van der Waals surface area contributed by atoms with E-state index in [2.05, 4.69) is 34.6 Å². The molecule has 0 N–H and O–H groups in total. The largest absolute Gasteiger partial charge is 0.462 e. The molecule has 0 aromatic rings. The second-order valence-electron chi connectivity index (χ2n) is 16.6. The Morgan fingerprint density at radius 1 is 0.365 bits per heavy atom. The van der Waals surface area contributed by atoms with Crippen molar-refractivity contribution in [3.63, 3.8) is 0 Å². The molecule has 52 heavy (non-hydrogen) atoms. The van der Waals surface area contributed by atoms with Crippen LogP contribution in [0.2, 0.25) is 0 Å². The Bertz CT molecular complexity index is 794. The highest BCUT2D eigenvalue weighted by molar-refractivity contribution is 5.71. The van der Waals surface area contributed by atoms with Crippen LogP contribution < -0.4 is 0 Å². The van der Waals surface area contributed by atoms with Gasteiger partial charge in [0.1, 0.15) is 13.2 Å². The standard InChI is InChI=1S/C46H88O6/c1-6-7-8-9-19-28-33-38-46(49)52-43(40-51-45(48)37-32-27-23-18-14-13-16-21-25-30-35-42(4)5)39-50-44(47)36-31-26-22-17-12-10-11-15-20-24-29-34-41(2)3/h41-43H,6-40H2,1-5H3/t43-/m1/s1. The zero-order chi connectivity index (χ0) is 38.3. The van der Waals surface area contributed by atoms with Crippen molar-refractivity contribution in [1.82, 2.24) is 0 Å². The van der Waals surface area contributed by atoms with E-state index in [0.717, 1.165) is 69.6 Å². The van der Waals surface area contributed by atoms with Crippen LogP contribution in [0.3, 0.4) is 0 Å². The van der Waals surface area contributed by atoms with Crippen LogP contribution >= 0.6 is 0 Å². The Morgan fingerprint density at radius 2 is 0.635 bits per heavy atom. The average Bonchev–Trinajstić information content (AvgIpc) is 3.11. The van der Waals surface area contributed by atoms with Crippen molar-refractivity contribution in [2.75, 3.05) is 13.2 Å². The van der Waals surface area contributed by atoms with Crippen molar-refractivity contribution >= 4 is 17.9 Å². The van der Waals surface area contributed by atoms with Gasteiger partial charge in [0.2, 0.25) is 0 Å². The summed E-state index contributed by atoms with van der Waals surface area (Å²) < 4.78 is 16.7. The molecule has 0 fully saturated rings. The van der Waals surface area contributed by atoms with Crippen molar-refractivity contribution in [3.8, 4) is 0 Å². The maximum absolute atomic E-state index is 12.6. The lowest BCUT2D eigenvalue weighted by molar-refractivity contribution is -0.167. The topological polar surface area (TPSA) is 78.9 Å². The molecule has 0 radical (unpaired) electrons. The summed E-state index contributed by atoms with van der Waals surface area (Å²) in [6.45, 7) is 11.3.